The molecular weight excluding hydrogens is 258 g/mol. The Morgan fingerprint density at radius 2 is 1.95 bits per heavy atom. The fourth-order valence-electron chi connectivity index (χ4n) is 1.93. The zero-order valence-corrected chi connectivity index (χ0v) is 12.5. The average Bonchev–Trinajstić information content (AvgIpc) is 2.81. The van der Waals surface area contributed by atoms with Crippen molar-refractivity contribution < 1.29 is 0 Å². The third-order valence-corrected chi connectivity index (χ3v) is 3.69. The van der Waals surface area contributed by atoms with E-state index in [1.807, 2.05) is 13.2 Å². The SMILES string of the molecule is CNc1ncnc(NCc2ncc(C)s2)c1C(C)C. The van der Waals surface area contributed by atoms with E-state index in [1.54, 1.807) is 17.7 Å². The maximum atomic E-state index is 4.35. The van der Waals surface area contributed by atoms with Gasteiger partial charge in [0.2, 0.25) is 0 Å². The van der Waals surface area contributed by atoms with Gasteiger partial charge in [-0.3, -0.25) is 0 Å². The Kier molecular flexibility index (Phi) is 4.31. The van der Waals surface area contributed by atoms with Crippen molar-refractivity contribution in [3.8, 4) is 0 Å². The van der Waals surface area contributed by atoms with Crippen molar-refractivity contribution in [2.45, 2.75) is 33.2 Å². The Morgan fingerprint density at radius 1 is 1.21 bits per heavy atom. The van der Waals surface area contributed by atoms with E-state index >= 15 is 0 Å². The molecule has 2 N–H and O–H groups in total. The highest BCUT2D eigenvalue weighted by Gasteiger charge is 2.14. The second kappa shape index (κ2) is 5.97. The molecule has 0 spiro atoms. The molecule has 0 bridgehead atoms. The number of nitrogens with one attached hydrogen (secondary N) is 2. The van der Waals surface area contributed by atoms with Gasteiger partial charge < -0.3 is 10.6 Å². The van der Waals surface area contributed by atoms with Crippen molar-refractivity contribution in [2.24, 2.45) is 0 Å². The number of thiazole rings is 1. The highest BCUT2D eigenvalue weighted by Crippen LogP contribution is 2.28. The number of nitrogens with zero attached hydrogens (tertiary/aromatic N) is 3. The lowest BCUT2D eigenvalue weighted by atomic mass is 10.0. The molecule has 102 valence electrons. The van der Waals surface area contributed by atoms with Crippen LogP contribution in [-0.4, -0.2) is 22.0 Å². The Morgan fingerprint density at radius 3 is 2.53 bits per heavy atom. The third kappa shape index (κ3) is 3.20. The minimum Gasteiger partial charge on any atom is -0.373 e. The maximum absolute atomic E-state index is 4.35. The fourth-order valence-corrected chi connectivity index (χ4v) is 2.65. The normalized spacial score (nSPS) is 10.8. The Labute approximate surface area is 117 Å². The Bertz CT molecular complexity index is 550. The third-order valence-electron chi connectivity index (χ3n) is 2.77. The van der Waals surface area contributed by atoms with Crippen LogP contribution in [0.1, 0.15) is 35.2 Å². The number of hydrogen-bond donors (Lipinski definition) is 2. The molecule has 0 amide bonds. The summed E-state index contributed by atoms with van der Waals surface area (Å²) in [7, 11) is 1.88. The van der Waals surface area contributed by atoms with E-state index in [0.29, 0.717) is 12.5 Å². The van der Waals surface area contributed by atoms with E-state index in [0.717, 1.165) is 22.2 Å². The molecule has 5 nitrogen and oxygen atoms in total. The van der Waals surface area contributed by atoms with Crippen molar-refractivity contribution in [1.29, 1.82) is 0 Å². The first-order valence-electron chi connectivity index (χ1n) is 6.29. The van der Waals surface area contributed by atoms with Gasteiger partial charge in [-0.25, -0.2) is 15.0 Å². The summed E-state index contributed by atoms with van der Waals surface area (Å²) in [5.41, 5.74) is 1.11. The number of aryl methyl sites for hydroxylation is 1. The van der Waals surface area contributed by atoms with Gasteiger partial charge in [0.1, 0.15) is 23.0 Å². The van der Waals surface area contributed by atoms with Gasteiger partial charge in [-0.1, -0.05) is 13.8 Å². The minimum absolute atomic E-state index is 0.351. The molecule has 6 heteroatoms. The van der Waals surface area contributed by atoms with Gasteiger partial charge in [0, 0.05) is 23.7 Å². The zero-order valence-electron chi connectivity index (χ0n) is 11.7. The van der Waals surface area contributed by atoms with Crippen LogP contribution >= 0.6 is 11.3 Å². The maximum Gasteiger partial charge on any atom is 0.135 e. The van der Waals surface area contributed by atoms with Gasteiger partial charge >= 0.3 is 0 Å². The standard InChI is InChI=1S/C13H19N5S/c1-8(2)11-12(14-4)17-7-18-13(11)16-6-10-15-5-9(3)19-10/h5,7-8H,6H2,1-4H3,(H2,14,16,17,18). The van der Waals surface area contributed by atoms with Crippen LogP contribution in [0, 0.1) is 6.92 Å². The number of aromatic nitrogens is 3. The first-order chi connectivity index (χ1) is 9.11. The van der Waals surface area contributed by atoms with Crippen molar-refractivity contribution >= 4 is 23.0 Å². The lowest BCUT2D eigenvalue weighted by Gasteiger charge is -2.16. The largest absolute Gasteiger partial charge is 0.373 e. The molecule has 0 aliphatic rings. The van der Waals surface area contributed by atoms with Crippen LogP contribution in [0.15, 0.2) is 12.5 Å². The number of rotatable bonds is 5. The van der Waals surface area contributed by atoms with E-state index in [1.165, 1.54) is 4.88 Å². The van der Waals surface area contributed by atoms with Gasteiger partial charge in [-0.05, 0) is 12.8 Å². The minimum atomic E-state index is 0.351. The van der Waals surface area contributed by atoms with Crippen LogP contribution in [0.25, 0.3) is 0 Å². The molecule has 2 rings (SSSR count). The molecule has 2 aromatic rings. The van der Waals surface area contributed by atoms with E-state index in [-0.39, 0.29) is 0 Å². The molecule has 0 saturated carbocycles. The van der Waals surface area contributed by atoms with E-state index < -0.39 is 0 Å². The smallest absolute Gasteiger partial charge is 0.135 e. The molecule has 0 aliphatic carbocycles. The average molecular weight is 277 g/mol. The first kappa shape index (κ1) is 13.7. The van der Waals surface area contributed by atoms with Gasteiger partial charge in [-0.2, -0.15) is 0 Å². The highest BCUT2D eigenvalue weighted by atomic mass is 32.1. The van der Waals surface area contributed by atoms with E-state index in [2.05, 4.69) is 46.4 Å². The summed E-state index contributed by atoms with van der Waals surface area (Å²) in [5, 5.41) is 7.54. The molecule has 2 heterocycles. The second-order valence-corrected chi connectivity index (χ2v) is 5.93. The predicted molar refractivity (Wildman–Crippen MR) is 79.8 cm³/mol. The van der Waals surface area contributed by atoms with Crippen LogP contribution in [0.3, 0.4) is 0 Å². The van der Waals surface area contributed by atoms with Crippen LogP contribution in [0.5, 0.6) is 0 Å². The lowest BCUT2D eigenvalue weighted by Crippen LogP contribution is -2.09. The van der Waals surface area contributed by atoms with Crippen LogP contribution in [-0.2, 0) is 6.54 Å². The highest BCUT2D eigenvalue weighted by molar-refractivity contribution is 7.11. The van der Waals surface area contributed by atoms with Crippen LogP contribution < -0.4 is 10.6 Å². The summed E-state index contributed by atoms with van der Waals surface area (Å²) in [4.78, 5) is 14.2. The first-order valence-corrected chi connectivity index (χ1v) is 7.11. The second-order valence-electron chi connectivity index (χ2n) is 4.61. The molecule has 0 unspecified atom stereocenters. The van der Waals surface area contributed by atoms with Crippen molar-refractivity contribution in [1.82, 2.24) is 15.0 Å². The topological polar surface area (TPSA) is 62.7 Å². The summed E-state index contributed by atoms with van der Waals surface area (Å²) in [6.07, 6.45) is 3.47. The van der Waals surface area contributed by atoms with Gasteiger partial charge in [0.25, 0.3) is 0 Å². The lowest BCUT2D eigenvalue weighted by molar-refractivity contribution is 0.846. The monoisotopic (exact) mass is 277 g/mol. The molecule has 0 radical (unpaired) electrons. The van der Waals surface area contributed by atoms with Crippen molar-refractivity contribution in [2.75, 3.05) is 17.7 Å². The van der Waals surface area contributed by atoms with Crippen LogP contribution in [0.2, 0.25) is 0 Å². The quantitative estimate of drug-likeness (QED) is 0.879. The number of anilines is 2. The molecule has 0 aliphatic heterocycles. The fraction of sp³-hybridized carbons (Fsp3) is 0.462. The summed E-state index contributed by atoms with van der Waals surface area (Å²) in [6, 6.07) is 0. The Hall–Kier alpha value is -1.69. The van der Waals surface area contributed by atoms with E-state index in [4.69, 9.17) is 0 Å². The van der Waals surface area contributed by atoms with Gasteiger partial charge in [-0.15, -0.1) is 11.3 Å². The molecule has 2 aromatic heterocycles. The van der Waals surface area contributed by atoms with Crippen molar-refractivity contribution in [3.05, 3.63) is 28.0 Å². The molecule has 0 saturated heterocycles. The molecule has 19 heavy (non-hydrogen) atoms. The summed E-state index contributed by atoms with van der Waals surface area (Å²) in [5.74, 6) is 2.11. The predicted octanol–water partition coefficient (Wildman–Crippen LogP) is 3.02. The Balaban J connectivity index is 2.19. The zero-order chi connectivity index (χ0) is 13.8. The van der Waals surface area contributed by atoms with Gasteiger partial charge in [0.05, 0.1) is 6.54 Å². The number of hydrogen-bond acceptors (Lipinski definition) is 6. The molecule has 0 aromatic carbocycles. The summed E-state index contributed by atoms with van der Waals surface area (Å²) in [6.45, 7) is 7.03. The van der Waals surface area contributed by atoms with E-state index in [9.17, 15) is 0 Å². The van der Waals surface area contributed by atoms with Crippen molar-refractivity contribution in [3.63, 3.8) is 0 Å². The summed E-state index contributed by atoms with van der Waals surface area (Å²) < 4.78 is 0. The molecule has 0 fully saturated rings. The van der Waals surface area contributed by atoms with Crippen LogP contribution in [0.4, 0.5) is 11.6 Å². The summed E-state index contributed by atoms with van der Waals surface area (Å²) >= 11 is 1.70. The molecule has 0 atom stereocenters. The molecular formula is C13H19N5S. The van der Waals surface area contributed by atoms with Gasteiger partial charge in [0.15, 0.2) is 0 Å².